The molecule has 0 saturated carbocycles. The van der Waals surface area contributed by atoms with Gasteiger partial charge in [0.25, 0.3) is 0 Å². The molecule has 1 aliphatic rings. The average Bonchev–Trinajstić information content (AvgIpc) is 3.17. The van der Waals surface area contributed by atoms with E-state index in [1.807, 2.05) is 30.6 Å². The van der Waals surface area contributed by atoms with Gasteiger partial charge >= 0.3 is 0 Å². The molecule has 1 aliphatic heterocycles. The van der Waals surface area contributed by atoms with Crippen molar-refractivity contribution in [3.63, 3.8) is 0 Å². The highest BCUT2D eigenvalue weighted by Gasteiger charge is 2.19. The van der Waals surface area contributed by atoms with Gasteiger partial charge in [0.1, 0.15) is 5.82 Å². The molecule has 4 rings (SSSR count). The molecular weight excluding hydrogens is 278 g/mol. The Morgan fingerprint density at radius 2 is 2.05 bits per heavy atom. The first kappa shape index (κ1) is 13.2. The Hall–Kier alpha value is -2.47. The molecule has 2 aromatic heterocycles. The zero-order valence-corrected chi connectivity index (χ0v) is 12.2. The summed E-state index contributed by atoms with van der Waals surface area (Å²) < 4.78 is 7.56. The van der Waals surface area contributed by atoms with E-state index in [1.54, 1.807) is 0 Å². The van der Waals surface area contributed by atoms with Gasteiger partial charge in [-0.05, 0) is 5.56 Å². The van der Waals surface area contributed by atoms with Crippen LogP contribution < -0.4 is 0 Å². The lowest BCUT2D eigenvalue weighted by atomic mass is 10.1. The highest BCUT2D eigenvalue weighted by molar-refractivity contribution is 5.18. The molecule has 6 nitrogen and oxygen atoms in total. The second-order valence-corrected chi connectivity index (χ2v) is 5.51. The maximum absolute atomic E-state index is 5.38. The first-order valence-corrected chi connectivity index (χ1v) is 7.44. The average molecular weight is 295 g/mol. The van der Waals surface area contributed by atoms with Crippen LogP contribution in [0.4, 0.5) is 0 Å². The molecule has 6 heteroatoms. The van der Waals surface area contributed by atoms with E-state index in [0.29, 0.717) is 18.9 Å². The molecule has 0 radical (unpaired) electrons. The molecule has 3 heterocycles. The highest BCUT2D eigenvalue weighted by atomic mass is 16.5. The van der Waals surface area contributed by atoms with Crippen molar-refractivity contribution in [3.05, 3.63) is 65.8 Å². The molecule has 3 aromatic rings. The second kappa shape index (κ2) is 5.73. The minimum Gasteiger partial charge on any atom is -0.338 e. The van der Waals surface area contributed by atoms with Crippen molar-refractivity contribution < 1.29 is 4.52 Å². The first-order valence-electron chi connectivity index (χ1n) is 7.44. The number of rotatable bonds is 4. The van der Waals surface area contributed by atoms with Gasteiger partial charge in [0.2, 0.25) is 5.89 Å². The zero-order chi connectivity index (χ0) is 14.8. The van der Waals surface area contributed by atoms with Gasteiger partial charge in [-0.15, -0.1) is 0 Å². The van der Waals surface area contributed by atoms with Crippen LogP contribution in [0.1, 0.15) is 23.1 Å². The van der Waals surface area contributed by atoms with Crippen LogP contribution in [-0.2, 0) is 26.1 Å². The number of hydrogen-bond donors (Lipinski definition) is 0. The number of hydrogen-bond acceptors (Lipinski definition) is 5. The Bertz CT molecular complexity index is 749. The quantitative estimate of drug-likeness (QED) is 0.735. The largest absolute Gasteiger partial charge is 0.338 e. The first-order chi connectivity index (χ1) is 10.9. The molecular formula is C16H17N5O. The van der Waals surface area contributed by atoms with Gasteiger partial charge < -0.3 is 9.09 Å². The van der Waals surface area contributed by atoms with Gasteiger partial charge in [0.05, 0.1) is 13.1 Å². The summed E-state index contributed by atoms with van der Waals surface area (Å²) in [7, 11) is 0. The van der Waals surface area contributed by atoms with Gasteiger partial charge in [-0.25, -0.2) is 4.98 Å². The number of aromatic nitrogens is 4. The second-order valence-electron chi connectivity index (χ2n) is 5.51. The predicted octanol–water partition coefficient (Wildman–Crippen LogP) is 1.87. The molecule has 0 atom stereocenters. The summed E-state index contributed by atoms with van der Waals surface area (Å²) >= 11 is 0. The third-order valence-corrected chi connectivity index (χ3v) is 3.90. The van der Waals surface area contributed by atoms with Crippen LogP contribution in [0.2, 0.25) is 0 Å². The minimum absolute atomic E-state index is 0.672. The lowest BCUT2D eigenvalue weighted by molar-refractivity contribution is 0.183. The number of imidazole rings is 1. The van der Waals surface area contributed by atoms with Crippen LogP contribution in [0.25, 0.3) is 0 Å². The molecule has 0 bridgehead atoms. The molecule has 0 spiro atoms. The van der Waals surface area contributed by atoms with E-state index in [0.717, 1.165) is 31.3 Å². The SMILES string of the molecule is c1ccc(Cc2noc(CN3CCn4ccnc4C3)n2)cc1. The van der Waals surface area contributed by atoms with E-state index in [1.165, 1.54) is 5.56 Å². The van der Waals surface area contributed by atoms with Crippen molar-refractivity contribution in [2.75, 3.05) is 6.54 Å². The monoisotopic (exact) mass is 295 g/mol. The van der Waals surface area contributed by atoms with E-state index < -0.39 is 0 Å². The van der Waals surface area contributed by atoms with Crippen molar-refractivity contribution in [1.82, 2.24) is 24.6 Å². The lowest BCUT2D eigenvalue weighted by Crippen LogP contribution is -2.33. The van der Waals surface area contributed by atoms with Crippen molar-refractivity contribution in [2.24, 2.45) is 0 Å². The van der Waals surface area contributed by atoms with Gasteiger partial charge in [0, 0.05) is 31.9 Å². The fourth-order valence-corrected chi connectivity index (χ4v) is 2.75. The van der Waals surface area contributed by atoms with Gasteiger partial charge in [-0.1, -0.05) is 35.5 Å². The molecule has 0 unspecified atom stereocenters. The third-order valence-electron chi connectivity index (χ3n) is 3.90. The van der Waals surface area contributed by atoms with Crippen LogP contribution in [0.15, 0.2) is 47.2 Å². The Kier molecular flexibility index (Phi) is 3.44. The summed E-state index contributed by atoms with van der Waals surface area (Å²) in [6.07, 6.45) is 4.58. The zero-order valence-electron chi connectivity index (χ0n) is 12.2. The minimum atomic E-state index is 0.672. The topological polar surface area (TPSA) is 60.0 Å². The summed E-state index contributed by atoms with van der Waals surface area (Å²) in [4.78, 5) is 11.1. The Labute approximate surface area is 128 Å². The summed E-state index contributed by atoms with van der Waals surface area (Å²) in [6, 6.07) is 10.2. The summed E-state index contributed by atoms with van der Waals surface area (Å²) in [5.41, 5.74) is 1.19. The predicted molar refractivity (Wildman–Crippen MR) is 79.9 cm³/mol. The Morgan fingerprint density at radius 3 is 2.95 bits per heavy atom. The lowest BCUT2D eigenvalue weighted by Gasteiger charge is -2.25. The van der Waals surface area contributed by atoms with Crippen molar-refractivity contribution in [1.29, 1.82) is 0 Å². The summed E-state index contributed by atoms with van der Waals surface area (Å²) in [5.74, 6) is 2.50. The van der Waals surface area contributed by atoms with Gasteiger partial charge in [-0.3, -0.25) is 4.90 Å². The van der Waals surface area contributed by atoms with E-state index in [2.05, 4.69) is 36.7 Å². The molecule has 0 N–H and O–H groups in total. The summed E-state index contributed by atoms with van der Waals surface area (Å²) in [5, 5.41) is 4.08. The van der Waals surface area contributed by atoms with Gasteiger partial charge in [0.15, 0.2) is 5.82 Å². The molecule has 0 aliphatic carbocycles. The molecule has 22 heavy (non-hydrogen) atoms. The normalized spacial score (nSPS) is 14.9. The third kappa shape index (κ3) is 2.78. The molecule has 0 fully saturated rings. The van der Waals surface area contributed by atoms with E-state index >= 15 is 0 Å². The number of nitrogens with zero attached hydrogens (tertiary/aromatic N) is 5. The maximum atomic E-state index is 5.38. The van der Waals surface area contributed by atoms with Gasteiger partial charge in [-0.2, -0.15) is 4.98 Å². The molecule has 0 saturated heterocycles. The molecule has 0 amide bonds. The van der Waals surface area contributed by atoms with Crippen LogP contribution in [-0.4, -0.2) is 31.1 Å². The van der Waals surface area contributed by atoms with Crippen LogP contribution in [0.5, 0.6) is 0 Å². The highest BCUT2D eigenvalue weighted by Crippen LogP contribution is 2.14. The summed E-state index contributed by atoms with van der Waals surface area (Å²) in [6.45, 7) is 3.43. The fourth-order valence-electron chi connectivity index (χ4n) is 2.75. The molecule has 112 valence electrons. The van der Waals surface area contributed by atoms with E-state index in [9.17, 15) is 0 Å². The van der Waals surface area contributed by atoms with Crippen molar-refractivity contribution in [3.8, 4) is 0 Å². The van der Waals surface area contributed by atoms with Crippen LogP contribution in [0.3, 0.4) is 0 Å². The fraction of sp³-hybridized carbons (Fsp3) is 0.312. The van der Waals surface area contributed by atoms with Crippen LogP contribution >= 0.6 is 0 Å². The van der Waals surface area contributed by atoms with Crippen molar-refractivity contribution >= 4 is 0 Å². The maximum Gasteiger partial charge on any atom is 0.240 e. The van der Waals surface area contributed by atoms with E-state index in [-0.39, 0.29) is 0 Å². The van der Waals surface area contributed by atoms with E-state index in [4.69, 9.17) is 4.52 Å². The standard InChI is InChI=1S/C16H17N5O/c1-2-4-13(5-3-1)10-14-18-16(22-19-14)12-20-8-9-21-7-6-17-15(21)11-20/h1-7H,8-12H2. The number of fused-ring (bicyclic) bond motifs is 1. The van der Waals surface area contributed by atoms with Crippen molar-refractivity contribution in [2.45, 2.75) is 26.1 Å². The molecule has 1 aromatic carbocycles. The Balaban J connectivity index is 1.40. The van der Waals surface area contributed by atoms with Crippen LogP contribution in [0, 0.1) is 0 Å². The Morgan fingerprint density at radius 1 is 1.14 bits per heavy atom. The number of benzene rings is 1. The smallest absolute Gasteiger partial charge is 0.240 e.